The Hall–Kier alpha value is -1.98. The van der Waals surface area contributed by atoms with Crippen LogP contribution in [0, 0.1) is 0 Å². The molecule has 0 saturated carbocycles. The molecule has 0 aliphatic rings. The summed E-state index contributed by atoms with van der Waals surface area (Å²) in [6.45, 7) is 7.45. The van der Waals surface area contributed by atoms with E-state index in [1.165, 1.54) is 18.0 Å². The second kappa shape index (κ2) is 6.42. The number of hydrogen-bond donors (Lipinski definition) is 2. The smallest absolute Gasteiger partial charge is 0.139 e. The van der Waals surface area contributed by atoms with Gasteiger partial charge in [-0.3, -0.25) is 0 Å². The van der Waals surface area contributed by atoms with Crippen LogP contribution in [0.3, 0.4) is 0 Å². The second-order valence-corrected chi connectivity index (χ2v) is 6.29. The molecule has 0 bridgehead atoms. The van der Waals surface area contributed by atoms with Gasteiger partial charge in [0.15, 0.2) is 0 Å². The van der Waals surface area contributed by atoms with E-state index in [0.29, 0.717) is 10.9 Å². The lowest BCUT2D eigenvalue weighted by Crippen LogP contribution is -2.16. The summed E-state index contributed by atoms with van der Waals surface area (Å²) in [4.78, 5) is 4.49. The van der Waals surface area contributed by atoms with Crippen LogP contribution < -0.4 is 5.73 Å². The van der Waals surface area contributed by atoms with Crippen LogP contribution in [0.25, 0.3) is 10.9 Å². The standard InChI is InChI=1S/C17H21N3OS/c1-12(22-4)19-16(8-10-18)20-11-9-13-14(17(2,3)21)6-5-7-15(13)20/h5-11,21H,1,18H2,2-4H3/b10-8-,19-16?. The summed E-state index contributed by atoms with van der Waals surface area (Å²) in [5, 5.41) is 12.0. The van der Waals surface area contributed by atoms with Gasteiger partial charge in [-0.1, -0.05) is 18.7 Å². The van der Waals surface area contributed by atoms with Crippen LogP contribution in [-0.4, -0.2) is 21.8 Å². The van der Waals surface area contributed by atoms with Gasteiger partial charge in [-0.05, 0) is 50.1 Å². The zero-order chi connectivity index (χ0) is 16.3. The van der Waals surface area contributed by atoms with Crippen LogP contribution in [0.2, 0.25) is 0 Å². The number of allylic oxidation sites excluding steroid dienone is 1. The van der Waals surface area contributed by atoms with Crippen molar-refractivity contribution in [1.29, 1.82) is 0 Å². The predicted octanol–water partition coefficient (Wildman–Crippen LogP) is 3.42. The zero-order valence-electron chi connectivity index (χ0n) is 13.1. The summed E-state index contributed by atoms with van der Waals surface area (Å²) in [5.74, 6) is 0.685. The van der Waals surface area contributed by atoms with E-state index in [9.17, 15) is 5.11 Å². The summed E-state index contributed by atoms with van der Waals surface area (Å²) in [7, 11) is 0. The van der Waals surface area contributed by atoms with Crippen LogP contribution in [-0.2, 0) is 5.60 Å². The molecule has 2 rings (SSSR count). The minimum atomic E-state index is -0.907. The first-order chi connectivity index (χ1) is 10.4. The van der Waals surface area contributed by atoms with Gasteiger partial charge in [-0.25, -0.2) is 4.99 Å². The number of nitrogens with two attached hydrogens (primary N) is 1. The summed E-state index contributed by atoms with van der Waals surface area (Å²) in [6.07, 6.45) is 7.04. The molecule has 0 saturated heterocycles. The van der Waals surface area contributed by atoms with Gasteiger partial charge in [0.2, 0.25) is 0 Å². The first-order valence-electron chi connectivity index (χ1n) is 6.91. The molecular formula is C17H21N3OS. The fraction of sp³-hybridized carbons (Fsp3) is 0.235. The SMILES string of the molecule is C=C(N=C(/C=C\N)n1ccc2c(C(C)(C)O)cccc21)SC. The summed E-state index contributed by atoms with van der Waals surface area (Å²) in [6, 6.07) is 7.83. The first kappa shape index (κ1) is 16.4. The number of aromatic nitrogens is 1. The maximum atomic E-state index is 10.3. The van der Waals surface area contributed by atoms with E-state index in [-0.39, 0.29) is 0 Å². The number of nitrogens with zero attached hydrogens (tertiary/aromatic N) is 2. The van der Waals surface area contributed by atoms with Crippen LogP contribution in [0.4, 0.5) is 0 Å². The molecule has 1 heterocycles. The van der Waals surface area contributed by atoms with Crippen molar-refractivity contribution in [2.75, 3.05) is 6.26 Å². The fourth-order valence-electron chi connectivity index (χ4n) is 2.33. The van der Waals surface area contributed by atoms with E-state index in [4.69, 9.17) is 5.73 Å². The Balaban J connectivity index is 2.66. The topological polar surface area (TPSA) is 63.5 Å². The van der Waals surface area contributed by atoms with E-state index >= 15 is 0 Å². The van der Waals surface area contributed by atoms with Crippen LogP contribution in [0.15, 0.2) is 59.3 Å². The van der Waals surface area contributed by atoms with Crippen molar-refractivity contribution in [3.05, 3.63) is 59.9 Å². The summed E-state index contributed by atoms with van der Waals surface area (Å²) >= 11 is 1.48. The number of fused-ring (bicyclic) bond motifs is 1. The van der Waals surface area contributed by atoms with Crippen molar-refractivity contribution in [3.8, 4) is 0 Å². The molecule has 5 heteroatoms. The summed E-state index contributed by atoms with van der Waals surface area (Å²) < 4.78 is 1.94. The molecular weight excluding hydrogens is 294 g/mol. The van der Waals surface area contributed by atoms with Crippen molar-refractivity contribution in [2.45, 2.75) is 19.4 Å². The Kier molecular flexibility index (Phi) is 4.78. The van der Waals surface area contributed by atoms with Gasteiger partial charge in [0, 0.05) is 11.6 Å². The van der Waals surface area contributed by atoms with E-state index in [2.05, 4.69) is 11.6 Å². The molecule has 22 heavy (non-hydrogen) atoms. The third-order valence-corrected chi connectivity index (χ3v) is 3.92. The number of hydrogen-bond acceptors (Lipinski definition) is 4. The molecule has 0 radical (unpaired) electrons. The van der Waals surface area contributed by atoms with Crippen LogP contribution in [0.5, 0.6) is 0 Å². The van der Waals surface area contributed by atoms with E-state index < -0.39 is 5.60 Å². The third kappa shape index (κ3) is 3.26. The molecule has 0 spiro atoms. The van der Waals surface area contributed by atoms with Gasteiger partial charge in [0.1, 0.15) is 5.84 Å². The first-order valence-corrected chi connectivity index (χ1v) is 8.14. The minimum absolute atomic E-state index is 0.685. The Morgan fingerprint density at radius 2 is 2.14 bits per heavy atom. The Labute approximate surface area is 135 Å². The maximum Gasteiger partial charge on any atom is 0.139 e. The average molecular weight is 315 g/mol. The lowest BCUT2D eigenvalue weighted by molar-refractivity contribution is 0.0802. The van der Waals surface area contributed by atoms with E-state index in [1.807, 2.05) is 41.3 Å². The molecule has 1 aromatic carbocycles. The summed E-state index contributed by atoms with van der Waals surface area (Å²) in [5.41, 5.74) is 6.48. The van der Waals surface area contributed by atoms with Gasteiger partial charge in [-0.2, -0.15) is 0 Å². The number of rotatable bonds is 4. The Morgan fingerprint density at radius 1 is 1.41 bits per heavy atom. The zero-order valence-corrected chi connectivity index (χ0v) is 13.9. The Morgan fingerprint density at radius 3 is 2.73 bits per heavy atom. The molecule has 0 aliphatic carbocycles. The molecule has 3 N–H and O–H groups in total. The second-order valence-electron chi connectivity index (χ2n) is 5.41. The molecule has 0 amide bonds. The van der Waals surface area contributed by atoms with Gasteiger partial charge < -0.3 is 15.4 Å². The Bertz CT molecular complexity index is 751. The minimum Gasteiger partial charge on any atom is -0.404 e. The predicted molar refractivity (Wildman–Crippen MR) is 96.0 cm³/mol. The quantitative estimate of drug-likeness (QED) is 0.671. The number of thioether (sulfide) groups is 1. The van der Waals surface area contributed by atoms with E-state index in [1.54, 1.807) is 19.9 Å². The van der Waals surface area contributed by atoms with Crippen molar-refractivity contribution < 1.29 is 5.11 Å². The maximum absolute atomic E-state index is 10.3. The van der Waals surface area contributed by atoms with E-state index in [0.717, 1.165) is 16.5 Å². The van der Waals surface area contributed by atoms with Crippen LogP contribution >= 0.6 is 11.8 Å². The van der Waals surface area contributed by atoms with Gasteiger partial charge in [0.25, 0.3) is 0 Å². The number of aliphatic hydroxyl groups is 1. The average Bonchev–Trinajstić information content (AvgIpc) is 2.89. The molecule has 0 aliphatic heterocycles. The molecule has 2 aromatic rings. The highest BCUT2D eigenvalue weighted by atomic mass is 32.2. The highest BCUT2D eigenvalue weighted by molar-refractivity contribution is 8.02. The van der Waals surface area contributed by atoms with Crippen molar-refractivity contribution in [1.82, 2.24) is 4.57 Å². The highest BCUT2D eigenvalue weighted by Crippen LogP contribution is 2.29. The highest BCUT2D eigenvalue weighted by Gasteiger charge is 2.20. The van der Waals surface area contributed by atoms with Crippen molar-refractivity contribution in [3.63, 3.8) is 0 Å². The third-order valence-electron chi connectivity index (χ3n) is 3.36. The lowest BCUT2D eigenvalue weighted by atomic mass is 9.95. The molecule has 0 unspecified atom stereocenters. The number of benzene rings is 1. The largest absolute Gasteiger partial charge is 0.404 e. The van der Waals surface area contributed by atoms with Crippen LogP contribution in [0.1, 0.15) is 19.4 Å². The molecule has 1 aromatic heterocycles. The molecule has 0 fully saturated rings. The van der Waals surface area contributed by atoms with Crippen molar-refractivity contribution in [2.24, 2.45) is 10.7 Å². The molecule has 4 nitrogen and oxygen atoms in total. The molecule has 116 valence electrons. The molecule has 0 atom stereocenters. The monoisotopic (exact) mass is 315 g/mol. The van der Waals surface area contributed by atoms with Gasteiger partial charge >= 0.3 is 0 Å². The number of aliphatic imine (C=N–C) groups is 1. The van der Waals surface area contributed by atoms with Gasteiger partial charge in [0.05, 0.1) is 16.1 Å². The van der Waals surface area contributed by atoms with Gasteiger partial charge in [-0.15, -0.1) is 11.8 Å². The lowest BCUT2D eigenvalue weighted by Gasteiger charge is -2.19. The van der Waals surface area contributed by atoms with Crippen molar-refractivity contribution >= 4 is 28.5 Å². The fourth-order valence-corrected chi connectivity index (χ4v) is 2.52. The normalized spacial score (nSPS) is 13.2.